The number of hydrogen-bond acceptors (Lipinski definition) is 4. The molecular formula is C25H21Cl2F2N3O2. The van der Waals surface area contributed by atoms with Gasteiger partial charge in [0, 0.05) is 30.8 Å². The van der Waals surface area contributed by atoms with E-state index in [9.17, 15) is 13.6 Å². The van der Waals surface area contributed by atoms with Crippen molar-refractivity contribution in [2.24, 2.45) is 5.73 Å². The number of ether oxygens (including phenoxy) is 1. The number of nitrogens with zero attached hydrogens (tertiary/aromatic N) is 2. The zero-order valence-electron chi connectivity index (χ0n) is 18.5. The van der Waals surface area contributed by atoms with Gasteiger partial charge in [0.05, 0.1) is 27.9 Å². The molecule has 0 saturated carbocycles. The number of hydrogen-bond donors (Lipinski definition) is 1. The smallest absolute Gasteiger partial charge is 0.242 e. The summed E-state index contributed by atoms with van der Waals surface area (Å²) in [4.78, 5) is 18.6. The van der Waals surface area contributed by atoms with Gasteiger partial charge in [-0.1, -0.05) is 41.9 Å². The first-order valence-electron chi connectivity index (χ1n) is 10.3. The average Bonchev–Trinajstić information content (AvgIpc) is 3.29. The van der Waals surface area contributed by atoms with Crippen molar-refractivity contribution in [2.75, 3.05) is 13.7 Å². The third-order valence-electron chi connectivity index (χ3n) is 6.12. The summed E-state index contributed by atoms with van der Waals surface area (Å²) in [6.45, 7) is 5.81. The molecule has 1 atom stereocenters. The Balaban J connectivity index is 1.97. The Hall–Kier alpha value is -3.16. The molecule has 0 radical (unpaired) electrons. The van der Waals surface area contributed by atoms with Crippen LogP contribution < -0.4 is 10.5 Å². The van der Waals surface area contributed by atoms with E-state index in [2.05, 4.69) is 11.6 Å². The van der Waals surface area contributed by atoms with E-state index in [4.69, 9.17) is 33.7 Å². The van der Waals surface area contributed by atoms with Crippen LogP contribution in [-0.2, 0) is 16.6 Å². The molecule has 0 saturated heterocycles. The van der Waals surface area contributed by atoms with E-state index in [0.717, 1.165) is 11.8 Å². The fraction of sp³-hybridized carbons (Fsp3) is 0.200. The number of nitrogens with two attached hydrogens (primary N) is 1. The van der Waals surface area contributed by atoms with E-state index in [0.29, 0.717) is 34.9 Å². The average molecular weight is 504 g/mol. The van der Waals surface area contributed by atoms with Gasteiger partial charge < -0.3 is 15.4 Å². The van der Waals surface area contributed by atoms with Gasteiger partial charge in [-0.05, 0) is 47.9 Å². The predicted octanol–water partition coefficient (Wildman–Crippen LogP) is 5.46. The minimum absolute atomic E-state index is 0.0271. The summed E-state index contributed by atoms with van der Waals surface area (Å²) in [5.74, 6) is -1.42. The van der Waals surface area contributed by atoms with Crippen molar-refractivity contribution in [1.29, 1.82) is 0 Å². The fourth-order valence-electron chi connectivity index (χ4n) is 4.08. The van der Waals surface area contributed by atoms with E-state index < -0.39 is 23.1 Å². The Kier molecular flexibility index (Phi) is 6.27. The molecule has 5 nitrogen and oxygen atoms in total. The maximum atomic E-state index is 14.9. The molecule has 1 aliphatic rings. The number of rotatable bonds is 5. The predicted molar refractivity (Wildman–Crippen MR) is 128 cm³/mol. The van der Waals surface area contributed by atoms with E-state index in [-0.39, 0.29) is 22.0 Å². The van der Waals surface area contributed by atoms with Crippen LogP contribution in [0.2, 0.25) is 10.0 Å². The lowest BCUT2D eigenvalue weighted by Crippen LogP contribution is -2.45. The van der Waals surface area contributed by atoms with Crippen molar-refractivity contribution in [3.63, 3.8) is 0 Å². The molecule has 3 aromatic rings. The second kappa shape index (κ2) is 8.89. The van der Waals surface area contributed by atoms with E-state index >= 15 is 0 Å². The number of aromatic nitrogens is 1. The highest BCUT2D eigenvalue weighted by atomic mass is 35.5. The number of carbonyl (C=O) groups excluding carboxylic acids is 1. The lowest BCUT2D eigenvalue weighted by Gasteiger charge is -2.34. The topological polar surface area (TPSA) is 68.5 Å². The highest BCUT2D eigenvalue weighted by Gasteiger charge is 2.41. The van der Waals surface area contributed by atoms with Crippen molar-refractivity contribution in [2.45, 2.75) is 18.8 Å². The van der Waals surface area contributed by atoms with Gasteiger partial charge in [0.1, 0.15) is 11.6 Å². The SMILES string of the molecule is C=C(N)N(C)C(=O)C(C)(c1cc(Cl)c2c(c1)CCO2)c1ccc(F)c(-c2cc(Cl)cnc2F)c1. The molecule has 2 aromatic carbocycles. The van der Waals surface area contributed by atoms with Gasteiger partial charge in [-0.3, -0.25) is 4.79 Å². The molecular weight excluding hydrogens is 483 g/mol. The number of halogens is 4. The standard InChI is InChI=1S/C25H21Cl2F2N3O2/c1-13(30)32(3)24(33)25(2,16-8-14-6-7-34-22(14)20(27)10-16)15-4-5-21(28)18(9-15)19-11-17(26)12-31-23(19)29/h4-5,8-12H,1,6-7,30H2,2-3H3. The van der Waals surface area contributed by atoms with Crippen LogP contribution in [-0.4, -0.2) is 29.4 Å². The molecule has 1 amide bonds. The van der Waals surface area contributed by atoms with E-state index in [1.54, 1.807) is 13.0 Å². The van der Waals surface area contributed by atoms with Crippen LogP contribution >= 0.6 is 23.2 Å². The zero-order chi connectivity index (χ0) is 24.8. The molecule has 0 aliphatic carbocycles. The molecule has 1 aliphatic heterocycles. The molecule has 34 heavy (non-hydrogen) atoms. The van der Waals surface area contributed by atoms with Crippen molar-refractivity contribution in [3.8, 4) is 16.9 Å². The van der Waals surface area contributed by atoms with Crippen molar-refractivity contribution in [3.05, 3.63) is 93.5 Å². The van der Waals surface area contributed by atoms with Crippen LogP contribution in [0.1, 0.15) is 23.6 Å². The lowest BCUT2D eigenvalue weighted by molar-refractivity contribution is -0.132. The van der Waals surface area contributed by atoms with Crippen LogP contribution in [0, 0.1) is 11.8 Å². The highest BCUT2D eigenvalue weighted by molar-refractivity contribution is 6.32. The van der Waals surface area contributed by atoms with Gasteiger partial charge >= 0.3 is 0 Å². The molecule has 9 heteroatoms. The molecule has 2 N–H and O–H groups in total. The summed E-state index contributed by atoms with van der Waals surface area (Å²) in [6, 6.07) is 8.81. The van der Waals surface area contributed by atoms with Crippen molar-refractivity contribution in [1.82, 2.24) is 9.88 Å². The summed E-state index contributed by atoms with van der Waals surface area (Å²) >= 11 is 12.5. The summed E-state index contributed by atoms with van der Waals surface area (Å²) in [5.41, 5.74) is 6.00. The van der Waals surface area contributed by atoms with Gasteiger partial charge in [0.2, 0.25) is 11.9 Å². The first-order valence-corrected chi connectivity index (χ1v) is 11.1. The summed E-state index contributed by atoms with van der Waals surface area (Å²) < 4.78 is 35.0. The molecule has 0 bridgehead atoms. The molecule has 2 heterocycles. The monoisotopic (exact) mass is 503 g/mol. The molecule has 0 fully saturated rings. The number of carbonyl (C=O) groups is 1. The third-order valence-corrected chi connectivity index (χ3v) is 6.61. The van der Waals surface area contributed by atoms with Gasteiger partial charge in [-0.25, -0.2) is 9.37 Å². The van der Waals surface area contributed by atoms with Gasteiger partial charge in [0.15, 0.2) is 0 Å². The highest BCUT2D eigenvalue weighted by Crippen LogP contribution is 2.43. The molecule has 0 spiro atoms. The van der Waals surface area contributed by atoms with Crippen LogP contribution in [0.5, 0.6) is 5.75 Å². The molecule has 4 rings (SSSR count). The van der Waals surface area contributed by atoms with E-state index in [1.807, 2.05) is 6.07 Å². The molecule has 1 aromatic heterocycles. The Morgan fingerprint density at radius 3 is 2.62 bits per heavy atom. The maximum Gasteiger partial charge on any atom is 0.242 e. The summed E-state index contributed by atoms with van der Waals surface area (Å²) in [5, 5.41) is 0.496. The van der Waals surface area contributed by atoms with Crippen LogP contribution in [0.3, 0.4) is 0 Å². The molecule has 1 unspecified atom stereocenters. The van der Waals surface area contributed by atoms with Gasteiger partial charge in [0.25, 0.3) is 0 Å². The van der Waals surface area contributed by atoms with Gasteiger partial charge in [-0.15, -0.1) is 0 Å². The first kappa shape index (κ1) is 24.0. The Morgan fingerprint density at radius 1 is 1.18 bits per heavy atom. The first-order chi connectivity index (χ1) is 16.0. The summed E-state index contributed by atoms with van der Waals surface area (Å²) in [6.07, 6.45) is 1.76. The quantitative estimate of drug-likeness (QED) is 0.469. The Bertz CT molecular complexity index is 1330. The van der Waals surface area contributed by atoms with Crippen LogP contribution in [0.25, 0.3) is 11.1 Å². The zero-order valence-corrected chi connectivity index (χ0v) is 20.0. The third kappa shape index (κ3) is 3.99. The summed E-state index contributed by atoms with van der Waals surface area (Å²) in [7, 11) is 1.49. The normalized spacial score (nSPS) is 14.2. The molecule has 176 valence electrons. The minimum Gasteiger partial charge on any atom is -0.491 e. The minimum atomic E-state index is -1.39. The van der Waals surface area contributed by atoms with Crippen molar-refractivity contribution < 1.29 is 18.3 Å². The second-order valence-electron chi connectivity index (χ2n) is 8.21. The number of fused-ring (bicyclic) bond motifs is 1. The Labute approximate surface area is 205 Å². The number of amides is 1. The second-order valence-corrected chi connectivity index (χ2v) is 9.06. The van der Waals surface area contributed by atoms with Crippen molar-refractivity contribution >= 4 is 29.1 Å². The lowest BCUT2D eigenvalue weighted by atomic mass is 9.73. The van der Waals surface area contributed by atoms with Crippen LogP contribution in [0.4, 0.5) is 8.78 Å². The largest absolute Gasteiger partial charge is 0.491 e. The number of likely N-dealkylation sites (N-methyl/N-ethyl adjacent to an activating group) is 1. The van der Waals surface area contributed by atoms with E-state index in [1.165, 1.54) is 36.2 Å². The number of pyridine rings is 1. The van der Waals surface area contributed by atoms with Gasteiger partial charge in [-0.2, -0.15) is 4.39 Å². The van der Waals surface area contributed by atoms with Crippen LogP contribution in [0.15, 0.2) is 55.0 Å². The maximum absolute atomic E-state index is 14.9. The Morgan fingerprint density at radius 2 is 1.91 bits per heavy atom. The fourth-order valence-corrected chi connectivity index (χ4v) is 4.53. The number of benzene rings is 2.